The van der Waals surface area contributed by atoms with Crippen molar-refractivity contribution in [3.05, 3.63) is 97.9 Å². The minimum atomic E-state index is -4.01. The molecule has 0 bridgehead atoms. The van der Waals surface area contributed by atoms with Crippen LogP contribution in [-0.4, -0.2) is 50.5 Å². The van der Waals surface area contributed by atoms with Gasteiger partial charge in [-0.3, -0.25) is 13.9 Å². The molecule has 12 heteroatoms. The molecule has 3 aromatic rings. The highest BCUT2D eigenvalue weighted by Gasteiger charge is 2.34. The number of unbranched alkanes of at least 4 members (excludes halogenated alkanes) is 1. The molecule has 0 aliphatic carbocycles. The highest BCUT2D eigenvalue weighted by Crippen LogP contribution is 2.32. The predicted octanol–water partition coefficient (Wildman–Crippen LogP) is 6.62. The van der Waals surface area contributed by atoms with Crippen molar-refractivity contribution in [3.8, 4) is 0 Å². The summed E-state index contributed by atoms with van der Waals surface area (Å²) in [6, 6.07) is 17.5. The number of carbonyl (C=O) groups is 2. The lowest BCUT2D eigenvalue weighted by Crippen LogP contribution is -2.53. The normalized spacial score (nSPS) is 12.0. The first-order chi connectivity index (χ1) is 19.4. The van der Waals surface area contributed by atoms with Crippen LogP contribution in [0.4, 0.5) is 5.69 Å². The van der Waals surface area contributed by atoms with Gasteiger partial charge in [0.2, 0.25) is 21.8 Å². The number of hydrogen-bond donors (Lipinski definition) is 1. The summed E-state index contributed by atoms with van der Waals surface area (Å²) in [6.07, 6.45) is 2.75. The second-order valence-electron chi connectivity index (χ2n) is 9.44. The number of sulfonamides is 1. The summed E-state index contributed by atoms with van der Waals surface area (Å²) >= 11 is 25.4. The van der Waals surface area contributed by atoms with Crippen molar-refractivity contribution in [2.75, 3.05) is 23.7 Å². The van der Waals surface area contributed by atoms with Crippen LogP contribution in [0.25, 0.3) is 0 Å². The SMILES string of the molecule is CCCCNC(=O)[C@@H](Cc1ccccc1)N(Cc1c(Cl)cccc1Cl)C(=O)CN(c1cc(Cl)ccc1Cl)S(C)(=O)=O. The number of nitrogens with zero attached hydrogens (tertiary/aromatic N) is 2. The minimum absolute atomic E-state index is 0.0396. The van der Waals surface area contributed by atoms with Gasteiger partial charge in [-0.1, -0.05) is 96.1 Å². The average Bonchev–Trinajstić information content (AvgIpc) is 2.92. The van der Waals surface area contributed by atoms with Crippen LogP contribution < -0.4 is 9.62 Å². The van der Waals surface area contributed by atoms with Gasteiger partial charge in [0.1, 0.15) is 12.6 Å². The molecule has 1 atom stereocenters. The first-order valence-corrected chi connectivity index (χ1v) is 16.2. The molecule has 41 heavy (non-hydrogen) atoms. The second-order valence-corrected chi connectivity index (χ2v) is 13.0. The Kier molecular flexibility index (Phi) is 12.2. The summed E-state index contributed by atoms with van der Waals surface area (Å²) in [5.74, 6) is -1.04. The van der Waals surface area contributed by atoms with Gasteiger partial charge in [0.15, 0.2) is 0 Å². The fourth-order valence-corrected chi connectivity index (χ4v) is 5.99. The van der Waals surface area contributed by atoms with Crippen LogP contribution in [0.2, 0.25) is 20.1 Å². The maximum absolute atomic E-state index is 14.1. The zero-order valence-corrected chi connectivity index (χ0v) is 26.5. The van der Waals surface area contributed by atoms with Crippen molar-refractivity contribution in [1.82, 2.24) is 10.2 Å². The third-order valence-corrected chi connectivity index (χ3v) is 8.74. The van der Waals surface area contributed by atoms with Crippen molar-refractivity contribution in [3.63, 3.8) is 0 Å². The number of carbonyl (C=O) groups excluding carboxylic acids is 2. The lowest BCUT2D eigenvalue weighted by Gasteiger charge is -2.34. The Morgan fingerprint density at radius 1 is 0.902 bits per heavy atom. The lowest BCUT2D eigenvalue weighted by atomic mass is 10.0. The summed E-state index contributed by atoms with van der Waals surface area (Å²) in [6.45, 7) is 1.64. The first-order valence-electron chi connectivity index (χ1n) is 12.9. The van der Waals surface area contributed by atoms with Crippen LogP contribution in [0.15, 0.2) is 66.7 Å². The van der Waals surface area contributed by atoms with Gasteiger partial charge < -0.3 is 10.2 Å². The van der Waals surface area contributed by atoms with Gasteiger partial charge in [0.05, 0.1) is 17.0 Å². The molecule has 2 amide bonds. The van der Waals surface area contributed by atoms with Crippen LogP contribution in [-0.2, 0) is 32.6 Å². The highest BCUT2D eigenvalue weighted by atomic mass is 35.5. The zero-order chi connectivity index (χ0) is 30.2. The van der Waals surface area contributed by atoms with Crippen molar-refractivity contribution < 1.29 is 18.0 Å². The van der Waals surface area contributed by atoms with Gasteiger partial charge in [-0.2, -0.15) is 0 Å². The van der Waals surface area contributed by atoms with E-state index in [9.17, 15) is 18.0 Å². The molecule has 0 aromatic heterocycles. The van der Waals surface area contributed by atoms with E-state index in [1.807, 2.05) is 37.3 Å². The van der Waals surface area contributed by atoms with Gasteiger partial charge in [-0.05, 0) is 42.3 Å². The third-order valence-electron chi connectivity index (χ3n) is 6.35. The molecule has 220 valence electrons. The van der Waals surface area contributed by atoms with Crippen molar-refractivity contribution in [1.29, 1.82) is 0 Å². The van der Waals surface area contributed by atoms with Gasteiger partial charge in [-0.25, -0.2) is 8.42 Å². The monoisotopic (exact) mass is 657 g/mol. The number of amides is 2. The molecular weight excluding hydrogens is 628 g/mol. The van der Waals surface area contributed by atoms with E-state index in [4.69, 9.17) is 46.4 Å². The van der Waals surface area contributed by atoms with Crippen LogP contribution in [0.3, 0.4) is 0 Å². The molecule has 0 radical (unpaired) electrons. The molecule has 0 aliphatic rings. The molecule has 0 saturated heterocycles. The molecule has 3 rings (SSSR count). The largest absolute Gasteiger partial charge is 0.354 e. The fourth-order valence-electron chi connectivity index (χ4n) is 4.19. The van der Waals surface area contributed by atoms with Gasteiger partial charge >= 0.3 is 0 Å². The van der Waals surface area contributed by atoms with E-state index >= 15 is 0 Å². The predicted molar refractivity (Wildman–Crippen MR) is 168 cm³/mol. The molecular formula is C29H31Cl4N3O4S. The van der Waals surface area contributed by atoms with Gasteiger partial charge in [0.25, 0.3) is 0 Å². The number of rotatable bonds is 13. The first kappa shape index (κ1) is 33.0. The summed E-state index contributed by atoms with van der Waals surface area (Å²) in [5.41, 5.74) is 1.28. The van der Waals surface area contributed by atoms with E-state index in [0.29, 0.717) is 22.2 Å². The van der Waals surface area contributed by atoms with E-state index < -0.39 is 28.5 Å². The Labute approximate surface area is 261 Å². The van der Waals surface area contributed by atoms with E-state index in [-0.39, 0.29) is 34.6 Å². The topological polar surface area (TPSA) is 86.8 Å². The Hall–Kier alpha value is -2.49. The van der Waals surface area contributed by atoms with Crippen molar-refractivity contribution in [2.45, 2.75) is 38.8 Å². The lowest BCUT2D eigenvalue weighted by molar-refractivity contribution is -0.140. The average molecular weight is 659 g/mol. The summed E-state index contributed by atoms with van der Waals surface area (Å²) in [5, 5.41) is 3.85. The fraction of sp³-hybridized carbons (Fsp3) is 0.310. The summed E-state index contributed by atoms with van der Waals surface area (Å²) < 4.78 is 26.7. The maximum Gasteiger partial charge on any atom is 0.244 e. The molecule has 0 spiro atoms. The number of hydrogen-bond acceptors (Lipinski definition) is 4. The zero-order valence-electron chi connectivity index (χ0n) is 22.6. The minimum Gasteiger partial charge on any atom is -0.354 e. The van der Waals surface area contributed by atoms with Gasteiger partial charge in [-0.15, -0.1) is 0 Å². The Bertz CT molecular complexity index is 1450. The Morgan fingerprint density at radius 3 is 2.17 bits per heavy atom. The van der Waals surface area contributed by atoms with Crippen LogP contribution in [0.1, 0.15) is 30.9 Å². The van der Waals surface area contributed by atoms with Crippen LogP contribution in [0, 0.1) is 0 Å². The van der Waals surface area contributed by atoms with E-state index in [2.05, 4.69) is 5.32 Å². The number of anilines is 1. The Balaban J connectivity index is 2.11. The summed E-state index contributed by atoms with van der Waals surface area (Å²) in [7, 11) is -4.01. The standard InChI is InChI=1S/C29H31Cl4N3O4S/c1-3-4-15-34-29(38)27(16-20-9-6-5-7-10-20)35(18-22-23(31)11-8-12-24(22)32)28(37)19-36(41(2,39)40)26-17-21(30)13-14-25(26)33/h5-14,17,27H,3-4,15-16,18-19H2,1-2H3,(H,34,38)/t27-/m1/s1. The molecule has 0 unspecified atom stereocenters. The highest BCUT2D eigenvalue weighted by molar-refractivity contribution is 7.92. The van der Waals surface area contributed by atoms with E-state index in [1.54, 1.807) is 18.2 Å². The molecule has 3 aromatic carbocycles. The van der Waals surface area contributed by atoms with Crippen LogP contribution in [0.5, 0.6) is 0 Å². The second kappa shape index (κ2) is 15.1. The Morgan fingerprint density at radius 2 is 1.56 bits per heavy atom. The van der Waals surface area contributed by atoms with E-state index in [0.717, 1.165) is 29.0 Å². The molecule has 7 nitrogen and oxygen atoms in total. The number of nitrogens with one attached hydrogen (secondary N) is 1. The number of benzene rings is 3. The smallest absolute Gasteiger partial charge is 0.244 e. The third kappa shape index (κ3) is 9.25. The van der Waals surface area contributed by atoms with Gasteiger partial charge in [0, 0.05) is 40.1 Å². The summed E-state index contributed by atoms with van der Waals surface area (Å²) in [4.78, 5) is 29.1. The quantitative estimate of drug-likeness (QED) is 0.209. The molecule has 0 heterocycles. The van der Waals surface area contributed by atoms with Crippen LogP contribution >= 0.6 is 46.4 Å². The molecule has 0 fully saturated rings. The molecule has 0 saturated carbocycles. The number of halogens is 4. The van der Waals surface area contributed by atoms with Crippen molar-refractivity contribution >= 4 is 73.9 Å². The van der Waals surface area contributed by atoms with E-state index in [1.165, 1.54) is 23.1 Å². The molecule has 1 N–H and O–H groups in total. The van der Waals surface area contributed by atoms with Crippen molar-refractivity contribution in [2.24, 2.45) is 0 Å². The maximum atomic E-state index is 14.1. The molecule has 0 aliphatic heterocycles.